The predicted molar refractivity (Wildman–Crippen MR) is 111 cm³/mol. The van der Waals surface area contributed by atoms with Crippen molar-refractivity contribution in [2.45, 2.75) is 6.92 Å². The van der Waals surface area contributed by atoms with Gasteiger partial charge in [-0.2, -0.15) is 0 Å². The van der Waals surface area contributed by atoms with E-state index in [1.54, 1.807) is 6.20 Å². The van der Waals surface area contributed by atoms with Gasteiger partial charge in [0.05, 0.1) is 15.9 Å². The van der Waals surface area contributed by atoms with Crippen LogP contribution in [0.2, 0.25) is 0 Å². The second-order valence-electron chi connectivity index (χ2n) is 6.36. The molecule has 136 valence electrons. The second-order valence-corrected chi connectivity index (χ2v) is 7.39. The maximum atomic E-state index is 12.6. The molecule has 3 aromatic heterocycles. The molecule has 0 fully saturated rings. The lowest BCUT2D eigenvalue weighted by Crippen LogP contribution is -2.11. The minimum absolute atomic E-state index is 0.216. The molecule has 3 heterocycles. The summed E-state index contributed by atoms with van der Waals surface area (Å²) in [6.45, 7) is 2.00. The minimum atomic E-state index is -0.216. The molecule has 0 aliphatic rings. The van der Waals surface area contributed by atoms with E-state index in [4.69, 9.17) is 0 Å². The first-order valence-electron chi connectivity index (χ1n) is 8.76. The SMILES string of the molecule is Cc1c(-c2cccc(NC(=O)c3nc4ccccc4s3)c2)nc2ncccn12. The standard InChI is InChI=1S/C21H15N5OS/c1-13-18(25-21-22-10-5-11-26(13)21)14-6-4-7-15(12-14)23-19(27)20-24-16-8-2-3-9-17(16)28-20/h2-12H,1H3,(H,23,27). The molecule has 6 nitrogen and oxygen atoms in total. The van der Waals surface area contributed by atoms with Crippen molar-refractivity contribution < 1.29 is 4.79 Å². The number of hydrogen-bond acceptors (Lipinski definition) is 5. The number of carbonyl (C=O) groups excluding carboxylic acids is 1. The van der Waals surface area contributed by atoms with E-state index in [0.717, 1.165) is 27.2 Å². The van der Waals surface area contributed by atoms with Gasteiger partial charge in [-0.05, 0) is 37.3 Å². The average molecular weight is 385 g/mol. The summed E-state index contributed by atoms with van der Waals surface area (Å²) < 4.78 is 2.94. The van der Waals surface area contributed by atoms with Crippen LogP contribution in [0.5, 0.6) is 0 Å². The average Bonchev–Trinajstić information content (AvgIpc) is 3.30. The molecule has 5 rings (SSSR count). The van der Waals surface area contributed by atoms with Crippen LogP contribution in [0.15, 0.2) is 67.0 Å². The van der Waals surface area contributed by atoms with Gasteiger partial charge < -0.3 is 5.32 Å². The molecule has 0 saturated heterocycles. The van der Waals surface area contributed by atoms with E-state index in [2.05, 4.69) is 20.3 Å². The molecule has 2 aromatic carbocycles. The third-order valence-corrected chi connectivity index (χ3v) is 5.56. The monoisotopic (exact) mass is 385 g/mol. The van der Waals surface area contributed by atoms with Crippen molar-refractivity contribution in [3.8, 4) is 11.3 Å². The molecular weight excluding hydrogens is 370 g/mol. The third kappa shape index (κ3) is 2.82. The van der Waals surface area contributed by atoms with E-state index < -0.39 is 0 Å². The van der Waals surface area contributed by atoms with Gasteiger partial charge in [-0.1, -0.05) is 24.3 Å². The lowest BCUT2D eigenvalue weighted by Gasteiger charge is -2.05. The zero-order chi connectivity index (χ0) is 19.1. The Morgan fingerprint density at radius 1 is 1.07 bits per heavy atom. The molecule has 0 aliphatic heterocycles. The number of aryl methyl sites for hydroxylation is 1. The topological polar surface area (TPSA) is 72.2 Å². The quantitative estimate of drug-likeness (QED) is 0.494. The van der Waals surface area contributed by atoms with E-state index in [1.165, 1.54) is 11.3 Å². The molecule has 0 saturated carbocycles. The molecule has 0 radical (unpaired) electrons. The van der Waals surface area contributed by atoms with Gasteiger partial charge in [-0.3, -0.25) is 9.20 Å². The highest BCUT2D eigenvalue weighted by molar-refractivity contribution is 7.20. The Morgan fingerprint density at radius 2 is 1.96 bits per heavy atom. The lowest BCUT2D eigenvalue weighted by molar-refractivity contribution is 0.102. The number of benzene rings is 2. The second kappa shape index (κ2) is 6.54. The third-order valence-electron chi connectivity index (χ3n) is 4.52. The molecule has 5 aromatic rings. The van der Waals surface area contributed by atoms with Crippen molar-refractivity contribution in [3.63, 3.8) is 0 Å². The fourth-order valence-corrected chi connectivity index (χ4v) is 4.04. The van der Waals surface area contributed by atoms with Crippen molar-refractivity contribution >= 4 is 38.9 Å². The molecule has 0 atom stereocenters. The zero-order valence-corrected chi connectivity index (χ0v) is 15.8. The summed E-state index contributed by atoms with van der Waals surface area (Å²) in [7, 11) is 0. The van der Waals surface area contributed by atoms with Crippen molar-refractivity contribution in [1.29, 1.82) is 0 Å². The van der Waals surface area contributed by atoms with Crippen molar-refractivity contribution in [1.82, 2.24) is 19.4 Å². The van der Waals surface area contributed by atoms with Gasteiger partial charge in [0.2, 0.25) is 5.78 Å². The Morgan fingerprint density at radius 3 is 2.82 bits per heavy atom. The molecular formula is C21H15N5OS. The molecule has 0 bridgehead atoms. The summed E-state index contributed by atoms with van der Waals surface area (Å²) in [5.41, 5.74) is 4.29. The van der Waals surface area contributed by atoms with Gasteiger partial charge in [-0.25, -0.2) is 15.0 Å². The largest absolute Gasteiger partial charge is 0.320 e. The van der Waals surface area contributed by atoms with Crippen LogP contribution in [0.3, 0.4) is 0 Å². The molecule has 0 spiro atoms. The number of rotatable bonds is 3. The number of para-hydroxylation sites is 1. The van der Waals surface area contributed by atoms with Crippen LogP contribution in [0.1, 0.15) is 15.5 Å². The van der Waals surface area contributed by atoms with E-state index >= 15 is 0 Å². The molecule has 1 amide bonds. The van der Waals surface area contributed by atoms with E-state index in [9.17, 15) is 4.79 Å². The summed E-state index contributed by atoms with van der Waals surface area (Å²) in [4.78, 5) is 26.0. The van der Waals surface area contributed by atoms with E-state index in [0.29, 0.717) is 16.5 Å². The Kier molecular flexibility index (Phi) is 3.87. The van der Waals surface area contributed by atoms with Crippen LogP contribution in [-0.2, 0) is 0 Å². The molecule has 0 unspecified atom stereocenters. The number of nitrogens with one attached hydrogen (secondary N) is 1. The molecule has 7 heteroatoms. The summed E-state index contributed by atoms with van der Waals surface area (Å²) in [5, 5.41) is 3.39. The van der Waals surface area contributed by atoms with Crippen LogP contribution in [-0.4, -0.2) is 25.3 Å². The van der Waals surface area contributed by atoms with Crippen LogP contribution in [0.25, 0.3) is 27.3 Å². The Bertz CT molecular complexity index is 1300. The number of imidazole rings is 1. The Hall–Kier alpha value is -3.58. The summed E-state index contributed by atoms with van der Waals surface area (Å²) in [6.07, 6.45) is 3.66. The number of fused-ring (bicyclic) bond motifs is 2. The van der Waals surface area contributed by atoms with Crippen LogP contribution >= 0.6 is 11.3 Å². The van der Waals surface area contributed by atoms with Crippen LogP contribution in [0.4, 0.5) is 5.69 Å². The van der Waals surface area contributed by atoms with Crippen molar-refractivity contribution in [2.24, 2.45) is 0 Å². The lowest BCUT2D eigenvalue weighted by atomic mass is 10.1. The van der Waals surface area contributed by atoms with Gasteiger partial charge in [0.25, 0.3) is 5.91 Å². The number of carbonyl (C=O) groups is 1. The highest BCUT2D eigenvalue weighted by Gasteiger charge is 2.14. The highest BCUT2D eigenvalue weighted by Crippen LogP contribution is 2.27. The van der Waals surface area contributed by atoms with Crippen molar-refractivity contribution in [2.75, 3.05) is 5.32 Å². The van der Waals surface area contributed by atoms with Gasteiger partial charge in [0.15, 0.2) is 5.01 Å². The van der Waals surface area contributed by atoms with Gasteiger partial charge in [0.1, 0.15) is 0 Å². The number of aromatic nitrogens is 4. The zero-order valence-electron chi connectivity index (χ0n) is 15.0. The summed E-state index contributed by atoms with van der Waals surface area (Å²) >= 11 is 1.38. The van der Waals surface area contributed by atoms with Gasteiger partial charge in [-0.15, -0.1) is 11.3 Å². The van der Waals surface area contributed by atoms with Gasteiger partial charge >= 0.3 is 0 Å². The normalized spacial score (nSPS) is 11.2. The smallest absolute Gasteiger partial charge is 0.284 e. The first-order chi connectivity index (χ1) is 13.7. The predicted octanol–water partition coefficient (Wildman–Crippen LogP) is 4.57. The summed E-state index contributed by atoms with van der Waals surface area (Å²) in [6, 6.07) is 17.3. The first-order valence-corrected chi connectivity index (χ1v) is 9.58. The highest BCUT2D eigenvalue weighted by atomic mass is 32.1. The number of thiazole rings is 1. The van der Waals surface area contributed by atoms with Crippen molar-refractivity contribution in [3.05, 3.63) is 77.7 Å². The van der Waals surface area contributed by atoms with Crippen LogP contribution in [0, 0.1) is 6.92 Å². The molecule has 1 N–H and O–H groups in total. The fourth-order valence-electron chi connectivity index (χ4n) is 3.17. The molecule has 28 heavy (non-hydrogen) atoms. The van der Waals surface area contributed by atoms with Crippen LogP contribution < -0.4 is 5.32 Å². The first kappa shape index (κ1) is 16.6. The van der Waals surface area contributed by atoms with E-state index in [-0.39, 0.29) is 5.91 Å². The maximum absolute atomic E-state index is 12.6. The molecule has 0 aliphatic carbocycles. The van der Waals surface area contributed by atoms with E-state index in [1.807, 2.05) is 72.1 Å². The Balaban J connectivity index is 1.46. The summed E-state index contributed by atoms with van der Waals surface area (Å²) in [5.74, 6) is 0.436. The Labute approximate surface area is 164 Å². The van der Waals surface area contributed by atoms with Gasteiger partial charge in [0, 0.05) is 29.3 Å². The number of anilines is 1. The number of amides is 1. The maximum Gasteiger partial charge on any atom is 0.284 e. The number of hydrogen-bond donors (Lipinski definition) is 1. The fraction of sp³-hybridized carbons (Fsp3) is 0.0476. The minimum Gasteiger partial charge on any atom is -0.320 e. The number of nitrogens with zero attached hydrogens (tertiary/aromatic N) is 4.